The van der Waals surface area contributed by atoms with E-state index in [1.54, 1.807) is 13.2 Å². The lowest BCUT2D eigenvalue weighted by molar-refractivity contribution is -0.142. The van der Waals surface area contributed by atoms with Gasteiger partial charge in [-0.15, -0.1) is 0 Å². The fourth-order valence-electron chi connectivity index (χ4n) is 1.39. The van der Waals surface area contributed by atoms with Gasteiger partial charge in [0.2, 0.25) is 5.91 Å². The molecule has 2 N–H and O–H groups in total. The summed E-state index contributed by atoms with van der Waals surface area (Å²) >= 11 is 0. The molecule has 0 aliphatic carbocycles. The van der Waals surface area contributed by atoms with Gasteiger partial charge in [0.1, 0.15) is 6.61 Å². The van der Waals surface area contributed by atoms with Gasteiger partial charge in [-0.05, 0) is 6.42 Å². The van der Waals surface area contributed by atoms with Gasteiger partial charge in [0.05, 0.1) is 6.20 Å². The Morgan fingerprint density at radius 3 is 2.83 bits per heavy atom. The van der Waals surface area contributed by atoms with Crippen LogP contribution in [0.15, 0.2) is 12.4 Å². The number of hydrogen-bond donors (Lipinski definition) is 2. The minimum Gasteiger partial charge on any atom is -0.479 e. The number of hydrogen-bond acceptors (Lipinski definition) is 4. The van der Waals surface area contributed by atoms with Crippen molar-refractivity contribution in [3.63, 3.8) is 0 Å². The van der Waals surface area contributed by atoms with E-state index in [2.05, 4.69) is 10.4 Å². The normalized spacial score (nSPS) is 12.1. The molecule has 0 aliphatic rings. The highest BCUT2D eigenvalue weighted by Gasteiger charge is 2.23. The zero-order valence-electron chi connectivity index (χ0n) is 10.4. The van der Waals surface area contributed by atoms with Crippen molar-refractivity contribution in [2.75, 3.05) is 13.2 Å². The SMILES string of the molecule is CCCOCC(=O)NC(C(=O)O)c1cnn(C)c1. The number of aliphatic carboxylic acids is 1. The summed E-state index contributed by atoms with van der Waals surface area (Å²) in [6, 6.07) is -1.10. The van der Waals surface area contributed by atoms with Crippen molar-refractivity contribution in [3.05, 3.63) is 18.0 Å². The van der Waals surface area contributed by atoms with Crippen LogP contribution in [0, 0.1) is 0 Å². The summed E-state index contributed by atoms with van der Waals surface area (Å²) in [5, 5.41) is 15.3. The molecule has 7 heteroatoms. The Hall–Kier alpha value is -1.89. The predicted molar refractivity (Wildman–Crippen MR) is 62.8 cm³/mol. The minimum absolute atomic E-state index is 0.141. The Kier molecular flexibility index (Phi) is 5.31. The summed E-state index contributed by atoms with van der Waals surface area (Å²) in [5.41, 5.74) is 0.425. The van der Waals surface area contributed by atoms with Crippen molar-refractivity contribution < 1.29 is 19.4 Å². The Balaban J connectivity index is 2.59. The second kappa shape index (κ2) is 6.75. The van der Waals surface area contributed by atoms with E-state index in [4.69, 9.17) is 9.84 Å². The summed E-state index contributed by atoms with van der Waals surface area (Å²) < 4.78 is 6.52. The van der Waals surface area contributed by atoms with Crippen LogP contribution in [-0.2, 0) is 21.4 Å². The molecule has 0 saturated heterocycles. The molecular weight excluding hydrogens is 238 g/mol. The number of ether oxygens (including phenoxy) is 1. The summed E-state index contributed by atoms with van der Waals surface area (Å²) in [5.74, 6) is -1.59. The van der Waals surface area contributed by atoms with Crippen molar-refractivity contribution in [1.82, 2.24) is 15.1 Å². The molecule has 0 spiro atoms. The van der Waals surface area contributed by atoms with Crippen molar-refractivity contribution >= 4 is 11.9 Å². The summed E-state index contributed by atoms with van der Waals surface area (Å²) in [7, 11) is 1.68. The molecule has 1 aromatic rings. The standard InChI is InChI=1S/C11H17N3O4/c1-3-4-18-7-9(15)13-10(11(16)17)8-5-12-14(2)6-8/h5-6,10H,3-4,7H2,1-2H3,(H,13,15)(H,16,17). The fourth-order valence-corrected chi connectivity index (χ4v) is 1.39. The van der Waals surface area contributed by atoms with Gasteiger partial charge in [0.25, 0.3) is 0 Å². The van der Waals surface area contributed by atoms with E-state index in [9.17, 15) is 9.59 Å². The van der Waals surface area contributed by atoms with Crippen LogP contribution in [-0.4, -0.2) is 40.0 Å². The fraction of sp³-hybridized carbons (Fsp3) is 0.545. The molecule has 0 aromatic carbocycles. The van der Waals surface area contributed by atoms with E-state index in [-0.39, 0.29) is 6.61 Å². The molecule has 0 aliphatic heterocycles. The molecule has 18 heavy (non-hydrogen) atoms. The maximum absolute atomic E-state index is 11.5. The van der Waals surface area contributed by atoms with Gasteiger partial charge in [0.15, 0.2) is 6.04 Å². The average molecular weight is 255 g/mol. The zero-order chi connectivity index (χ0) is 13.5. The Labute approximate surface area is 105 Å². The molecule has 1 unspecified atom stereocenters. The average Bonchev–Trinajstić information content (AvgIpc) is 2.72. The Bertz CT molecular complexity index is 416. The maximum atomic E-state index is 11.5. The maximum Gasteiger partial charge on any atom is 0.331 e. The number of carbonyl (C=O) groups is 2. The number of amides is 1. The third kappa shape index (κ3) is 4.17. The third-order valence-electron chi connectivity index (χ3n) is 2.19. The van der Waals surface area contributed by atoms with Gasteiger partial charge < -0.3 is 15.2 Å². The molecule has 7 nitrogen and oxygen atoms in total. The largest absolute Gasteiger partial charge is 0.479 e. The van der Waals surface area contributed by atoms with Gasteiger partial charge in [-0.2, -0.15) is 5.10 Å². The second-order valence-corrected chi connectivity index (χ2v) is 3.84. The molecule has 0 saturated carbocycles. The number of carboxylic acids is 1. The lowest BCUT2D eigenvalue weighted by Gasteiger charge is -2.12. The van der Waals surface area contributed by atoms with Crippen LogP contribution < -0.4 is 5.32 Å². The molecule has 1 amide bonds. The lowest BCUT2D eigenvalue weighted by Crippen LogP contribution is -2.36. The van der Waals surface area contributed by atoms with E-state index in [0.29, 0.717) is 12.2 Å². The number of nitrogens with zero attached hydrogens (tertiary/aromatic N) is 2. The van der Waals surface area contributed by atoms with Crippen LogP contribution in [0.3, 0.4) is 0 Å². The molecule has 0 bridgehead atoms. The first-order valence-corrected chi connectivity index (χ1v) is 5.63. The minimum atomic E-state index is -1.13. The van der Waals surface area contributed by atoms with Crippen LogP contribution in [0.25, 0.3) is 0 Å². The van der Waals surface area contributed by atoms with Crippen molar-refractivity contribution in [3.8, 4) is 0 Å². The van der Waals surface area contributed by atoms with Crippen molar-refractivity contribution in [2.24, 2.45) is 7.05 Å². The van der Waals surface area contributed by atoms with E-state index in [1.807, 2.05) is 6.92 Å². The first kappa shape index (κ1) is 14.2. The number of nitrogens with one attached hydrogen (secondary N) is 1. The van der Waals surface area contributed by atoms with Gasteiger partial charge >= 0.3 is 5.97 Å². The Morgan fingerprint density at radius 2 is 2.33 bits per heavy atom. The molecule has 100 valence electrons. The Morgan fingerprint density at radius 1 is 1.61 bits per heavy atom. The first-order valence-electron chi connectivity index (χ1n) is 5.63. The number of carbonyl (C=O) groups excluding carboxylic acids is 1. The summed E-state index contributed by atoms with van der Waals surface area (Å²) in [6.45, 7) is 2.25. The molecule has 0 fully saturated rings. The van der Waals surface area contributed by atoms with E-state index in [0.717, 1.165) is 6.42 Å². The number of carboxylic acid groups (broad SMARTS) is 1. The van der Waals surface area contributed by atoms with Crippen LogP contribution in [0.4, 0.5) is 0 Å². The van der Waals surface area contributed by atoms with Gasteiger partial charge in [-0.3, -0.25) is 9.48 Å². The van der Waals surface area contributed by atoms with E-state index in [1.165, 1.54) is 10.9 Å². The highest BCUT2D eigenvalue weighted by molar-refractivity contribution is 5.85. The molecular formula is C11H17N3O4. The summed E-state index contributed by atoms with van der Waals surface area (Å²) in [6.07, 6.45) is 3.76. The topological polar surface area (TPSA) is 93.4 Å². The van der Waals surface area contributed by atoms with Crippen molar-refractivity contribution in [1.29, 1.82) is 0 Å². The first-order chi connectivity index (χ1) is 8.54. The van der Waals surface area contributed by atoms with Crippen LogP contribution >= 0.6 is 0 Å². The molecule has 1 atom stereocenters. The van der Waals surface area contributed by atoms with Crippen LogP contribution in [0.1, 0.15) is 24.9 Å². The highest BCUT2D eigenvalue weighted by atomic mass is 16.5. The third-order valence-corrected chi connectivity index (χ3v) is 2.19. The van der Waals surface area contributed by atoms with Gasteiger partial charge in [-0.1, -0.05) is 6.92 Å². The van der Waals surface area contributed by atoms with E-state index < -0.39 is 17.9 Å². The molecule has 0 radical (unpaired) electrons. The smallest absolute Gasteiger partial charge is 0.331 e. The highest BCUT2D eigenvalue weighted by Crippen LogP contribution is 2.11. The molecule has 1 heterocycles. The monoisotopic (exact) mass is 255 g/mol. The van der Waals surface area contributed by atoms with Gasteiger partial charge in [0, 0.05) is 25.4 Å². The van der Waals surface area contributed by atoms with Crippen LogP contribution in [0.2, 0.25) is 0 Å². The number of aromatic nitrogens is 2. The molecule has 1 aromatic heterocycles. The van der Waals surface area contributed by atoms with Gasteiger partial charge in [-0.25, -0.2) is 4.79 Å². The predicted octanol–water partition coefficient (Wildman–Crippen LogP) is 0.0886. The van der Waals surface area contributed by atoms with Crippen LogP contribution in [0.5, 0.6) is 0 Å². The lowest BCUT2D eigenvalue weighted by atomic mass is 10.1. The number of rotatable bonds is 7. The van der Waals surface area contributed by atoms with E-state index >= 15 is 0 Å². The zero-order valence-corrected chi connectivity index (χ0v) is 10.4. The molecule has 1 rings (SSSR count). The summed E-state index contributed by atoms with van der Waals surface area (Å²) in [4.78, 5) is 22.6. The quantitative estimate of drug-likeness (QED) is 0.673. The van der Waals surface area contributed by atoms with Crippen molar-refractivity contribution in [2.45, 2.75) is 19.4 Å². The second-order valence-electron chi connectivity index (χ2n) is 3.84. The number of aryl methyl sites for hydroxylation is 1.